The van der Waals surface area contributed by atoms with Crippen LogP contribution in [0.1, 0.15) is 70.6 Å². The van der Waals surface area contributed by atoms with Crippen LogP contribution in [0.25, 0.3) is 0 Å². The number of ether oxygens (including phenoxy) is 1. The first-order valence-electron chi connectivity index (χ1n) is 8.74. The minimum atomic E-state index is -0.135. The van der Waals surface area contributed by atoms with Gasteiger partial charge in [0.1, 0.15) is 6.10 Å². The van der Waals surface area contributed by atoms with Crippen molar-refractivity contribution >= 4 is 6.09 Å². The summed E-state index contributed by atoms with van der Waals surface area (Å²) in [5, 5.41) is 3.11. The molecule has 3 nitrogen and oxygen atoms in total. The molecule has 4 aliphatic rings. The molecule has 4 rings (SSSR count). The normalized spacial score (nSPS) is 43.5. The van der Waals surface area contributed by atoms with Crippen molar-refractivity contribution in [2.24, 2.45) is 17.3 Å². The maximum atomic E-state index is 12.1. The van der Waals surface area contributed by atoms with Gasteiger partial charge in [0.25, 0.3) is 0 Å². The Morgan fingerprint density at radius 3 is 2.65 bits per heavy atom. The van der Waals surface area contributed by atoms with Crippen molar-refractivity contribution in [1.29, 1.82) is 0 Å². The fraction of sp³-hybridized carbons (Fsp3) is 0.941. The molecule has 0 aliphatic heterocycles. The molecule has 1 amide bonds. The molecule has 4 fully saturated rings. The molecular weight excluding hydrogens is 250 g/mol. The second-order valence-electron chi connectivity index (χ2n) is 7.69. The average Bonchev–Trinajstić information content (AvgIpc) is 3.04. The van der Waals surface area contributed by atoms with Gasteiger partial charge in [-0.1, -0.05) is 25.7 Å². The van der Waals surface area contributed by atoms with Crippen molar-refractivity contribution in [1.82, 2.24) is 5.32 Å². The third kappa shape index (κ3) is 2.05. The summed E-state index contributed by atoms with van der Waals surface area (Å²) in [5.41, 5.74) is 0.570. The minimum Gasteiger partial charge on any atom is -0.446 e. The molecule has 0 spiro atoms. The lowest BCUT2D eigenvalue weighted by atomic mass is 9.80. The Morgan fingerprint density at radius 2 is 1.85 bits per heavy atom. The van der Waals surface area contributed by atoms with Crippen molar-refractivity contribution in [3.63, 3.8) is 0 Å². The molecule has 4 atom stereocenters. The summed E-state index contributed by atoms with van der Waals surface area (Å²) >= 11 is 0. The Balaban J connectivity index is 1.33. The summed E-state index contributed by atoms with van der Waals surface area (Å²) in [6.07, 6.45) is 14.2. The van der Waals surface area contributed by atoms with Crippen molar-refractivity contribution in [3.05, 3.63) is 0 Å². The van der Waals surface area contributed by atoms with Crippen LogP contribution in [0, 0.1) is 17.3 Å². The first-order chi connectivity index (χ1) is 9.77. The molecule has 0 unspecified atom stereocenters. The maximum absolute atomic E-state index is 12.1. The van der Waals surface area contributed by atoms with Gasteiger partial charge >= 0.3 is 6.09 Å². The lowest BCUT2D eigenvalue weighted by molar-refractivity contribution is 0.0488. The SMILES string of the molecule is O=C(NC1CCCCC1)O[C@@H]1C[C@]23CCC[C@H]2[C@@H]1CC3. The fourth-order valence-corrected chi connectivity index (χ4v) is 5.87. The van der Waals surface area contributed by atoms with Gasteiger partial charge in [0, 0.05) is 6.04 Å². The van der Waals surface area contributed by atoms with Gasteiger partial charge in [-0.05, 0) is 62.2 Å². The van der Waals surface area contributed by atoms with Crippen LogP contribution in [0.15, 0.2) is 0 Å². The molecule has 4 saturated carbocycles. The van der Waals surface area contributed by atoms with Gasteiger partial charge in [-0.3, -0.25) is 0 Å². The van der Waals surface area contributed by atoms with Crippen LogP contribution in [0.2, 0.25) is 0 Å². The summed E-state index contributed by atoms with van der Waals surface area (Å²) in [7, 11) is 0. The van der Waals surface area contributed by atoms with E-state index in [1.807, 2.05) is 0 Å². The zero-order valence-corrected chi connectivity index (χ0v) is 12.4. The Bertz CT molecular complexity index is 386. The summed E-state index contributed by atoms with van der Waals surface area (Å²) in [6, 6.07) is 0.368. The van der Waals surface area contributed by atoms with Gasteiger partial charge in [0.05, 0.1) is 0 Å². The standard InChI is InChI=1S/C17H27NO2/c19-16(18-12-5-2-1-3-6-12)20-15-11-17-9-4-7-14(17)13(15)8-10-17/h12-15H,1-11H2,(H,18,19)/t13-,14-,15+,17+/m0/s1. The highest BCUT2D eigenvalue weighted by atomic mass is 16.6. The van der Waals surface area contributed by atoms with Crippen LogP contribution in [0.3, 0.4) is 0 Å². The van der Waals surface area contributed by atoms with Gasteiger partial charge in [0.15, 0.2) is 0 Å². The van der Waals surface area contributed by atoms with Crippen LogP contribution in [0.5, 0.6) is 0 Å². The highest BCUT2D eigenvalue weighted by Crippen LogP contribution is 2.66. The molecule has 4 aliphatic carbocycles. The smallest absolute Gasteiger partial charge is 0.407 e. The van der Waals surface area contributed by atoms with Crippen molar-refractivity contribution < 1.29 is 9.53 Å². The van der Waals surface area contributed by atoms with E-state index in [0.29, 0.717) is 17.4 Å². The van der Waals surface area contributed by atoms with Gasteiger partial charge < -0.3 is 10.1 Å². The molecule has 0 saturated heterocycles. The Hall–Kier alpha value is -0.730. The van der Waals surface area contributed by atoms with E-state index in [1.165, 1.54) is 51.4 Å². The second-order valence-corrected chi connectivity index (χ2v) is 7.69. The summed E-state index contributed by atoms with van der Waals surface area (Å²) < 4.78 is 5.83. The molecule has 0 aromatic rings. The Kier molecular flexibility index (Phi) is 3.19. The number of hydrogen-bond donors (Lipinski definition) is 1. The van der Waals surface area contributed by atoms with Crippen molar-refractivity contribution in [2.45, 2.75) is 82.8 Å². The molecule has 0 aromatic carbocycles. The van der Waals surface area contributed by atoms with Gasteiger partial charge in [-0.15, -0.1) is 0 Å². The Morgan fingerprint density at radius 1 is 1.00 bits per heavy atom. The van der Waals surface area contributed by atoms with E-state index >= 15 is 0 Å². The number of hydrogen-bond acceptors (Lipinski definition) is 2. The third-order valence-corrected chi connectivity index (χ3v) is 6.74. The number of carbonyl (C=O) groups is 1. The second kappa shape index (κ2) is 4.92. The fourth-order valence-electron chi connectivity index (χ4n) is 5.87. The van der Waals surface area contributed by atoms with E-state index in [0.717, 1.165) is 25.2 Å². The quantitative estimate of drug-likeness (QED) is 0.828. The molecule has 0 radical (unpaired) electrons. The monoisotopic (exact) mass is 277 g/mol. The van der Waals surface area contributed by atoms with Crippen molar-refractivity contribution in [2.75, 3.05) is 0 Å². The van der Waals surface area contributed by atoms with E-state index in [2.05, 4.69) is 5.32 Å². The summed E-state index contributed by atoms with van der Waals surface area (Å²) in [4.78, 5) is 12.1. The molecular formula is C17H27NO2. The van der Waals surface area contributed by atoms with E-state index in [9.17, 15) is 4.79 Å². The van der Waals surface area contributed by atoms with E-state index in [4.69, 9.17) is 4.74 Å². The number of alkyl carbamates (subject to hydrolysis) is 1. The van der Waals surface area contributed by atoms with Crippen LogP contribution < -0.4 is 5.32 Å². The molecule has 20 heavy (non-hydrogen) atoms. The third-order valence-electron chi connectivity index (χ3n) is 6.74. The zero-order valence-electron chi connectivity index (χ0n) is 12.4. The van der Waals surface area contributed by atoms with Crippen LogP contribution in [-0.2, 0) is 4.74 Å². The lowest BCUT2D eigenvalue weighted by Gasteiger charge is -2.29. The van der Waals surface area contributed by atoms with Gasteiger partial charge in [-0.2, -0.15) is 0 Å². The molecule has 0 aromatic heterocycles. The van der Waals surface area contributed by atoms with Crippen LogP contribution >= 0.6 is 0 Å². The number of amides is 1. The van der Waals surface area contributed by atoms with E-state index in [-0.39, 0.29) is 12.2 Å². The Labute approximate surface area is 121 Å². The van der Waals surface area contributed by atoms with Gasteiger partial charge in [0.2, 0.25) is 0 Å². The first-order valence-corrected chi connectivity index (χ1v) is 8.74. The van der Waals surface area contributed by atoms with E-state index in [1.54, 1.807) is 0 Å². The molecule has 2 bridgehead atoms. The predicted molar refractivity (Wildman–Crippen MR) is 77.4 cm³/mol. The largest absolute Gasteiger partial charge is 0.446 e. The van der Waals surface area contributed by atoms with Crippen LogP contribution in [-0.4, -0.2) is 18.2 Å². The number of rotatable bonds is 2. The summed E-state index contributed by atoms with van der Waals surface area (Å²) in [6.45, 7) is 0. The van der Waals surface area contributed by atoms with Crippen molar-refractivity contribution in [3.8, 4) is 0 Å². The first kappa shape index (κ1) is 13.0. The highest BCUT2D eigenvalue weighted by molar-refractivity contribution is 5.68. The van der Waals surface area contributed by atoms with Crippen LogP contribution in [0.4, 0.5) is 4.79 Å². The number of nitrogens with one attached hydrogen (secondary N) is 1. The topological polar surface area (TPSA) is 38.3 Å². The summed E-state index contributed by atoms with van der Waals surface area (Å²) in [5.74, 6) is 1.55. The highest BCUT2D eigenvalue weighted by Gasteiger charge is 2.60. The lowest BCUT2D eigenvalue weighted by Crippen LogP contribution is -2.39. The molecule has 3 heteroatoms. The average molecular weight is 277 g/mol. The number of carbonyl (C=O) groups excluding carboxylic acids is 1. The molecule has 0 heterocycles. The zero-order chi connectivity index (χ0) is 13.6. The van der Waals surface area contributed by atoms with E-state index < -0.39 is 0 Å². The maximum Gasteiger partial charge on any atom is 0.407 e. The molecule has 1 N–H and O–H groups in total. The van der Waals surface area contributed by atoms with Gasteiger partial charge in [-0.25, -0.2) is 4.79 Å². The predicted octanol–water partition coefficient (Wildman–Crippen LogP) is 4.01. The minimum absolute atomic E-state index is 0.135. The molecule has 112 valence electrons.